The molecule has 0 aliphatic carbocycles. The third-order valence-corrected chi connectivity index (χ3v) is 4.59. The highest BCUT2D eigenvalue weighted by molar-refractivity contribution is 5.73. The van der Waals surface area contributed by atoms with Crippen molar-refractivity contribution in [1.82, 2.24) is 25.3 Å². The molecule has 7 heteroatoms. The first-order valence-corrected chi connectivity index (χ1v) is 9.20. The second-order valence-corrected chi connectivity index (χ2v) is 8.52. The van der Waals surface area contributed by atoms with E-state index in [0.29, 0.717) is 36.6 Å². The van der Waals surface area contributed by atoms with Gasteiger partial charge in [0, 0.05) is 32.1 Å². The Hall–Kier alpha value is -1.63. The summed E-state index contributed by atoms with van der Waals surface area (Å²) in [6, 6.07) is -0.0931. The maximum atomic E-state index is 12.3. The van der Waals surface area contributed by atoms with Crippen LogP contribution in [-0.4, -0.2) is 58.2 Å². The lowest BCUT2D eigenvalue weighted by atomic mass is 10.1. The minimum Gasteiger partial charge on any atom is -0.339 e. The number of hydrogen-bond donors (Lipinski definition) is 1. The molecule has 1 saturated heterocycles. The maximum Gasteiger partial charge on any atom is 0.317 e. The number of rotatable bonds is 6. The molecule has 2 heterocycles. The number of carbonyl (C=O) groups is 1. The highest BCUT2D eigenvalue weighted by Crippen LogP contribution is 2.23. The fraction of sp³-hybridized carbons (Fsp3) is 0.833. The molecular formula is C18H33N5O2. The second-order valence-electron chi connectivity index (χ2n) is 8.52. The van der Waals surface area contributed by atoms with Gasteiger partial charge in [0.2, 0.25) is 5.89 Å². The van der Waals surface area contributed by atoms with Gasteiger partial charge in [-0.1, -0.05) is 19.0 Å². The molecule has 1 aliphatic heterocycles. The van der Waals surface area contributed by atoms with Crippen LogP contribution in [0.5, 0.6) is 0 Å². The summed E-state index contributed by atoms with van der Waals surface area (Å²) in [5.74, 6) is 2.16. The van der Waals surface area contributed by atoms with Crippen LogP contribution in [0, 0.1) is 11.8 Å². The summed E-state index contributed by atoms with van der Waals surface area (Å²) >= 11 is 0. The molecule has 7 nitrogen and oxygen atoms in total. The van der Waals surface area contributed by atoms with Gasteiger partial charge in [-0.15, -0.1) is 0 Å². The largest absolute Gasteiger partial charge is 0.339 e. The monoisotopic (exact) mass is 351 g/mol. The lowest BCUT2D eigenvalue weighted by Gasteiger charge is -2.31. The zero-order chi connectivity index (χ0) is 18.6. The van der Waals surface area contributed by atoms with Crippen LogP contribution < -0.4 is 5.32 Å². The van der Waals surface area contributed by atoms with Crippen molar-refractivity contribution in [1.29, 1.82) is 0 Å². The standard InChI is InChI=1S/C18H33N5O2/c1-13(2)9-16-20-15(21-25-16)12-22(6)17(24)19-10-14-7-8-23(11-14)18(3,4)5/h13-14H,7-12H2,1-6H3,(H,19,24)/t14-/m0/s1. The van der Waals surface area contributed by atoms with Crippen LogP contribution in [0.3, 0.4) is 0 Å². The Morgan fingerprint density at radius 1 is 1.44 bits per heavy atom. The minimum absolute atomic E-state index is 0.0931. The summed E-state index contributed by atoms with van der Waals surface area (Å²) < 4.78 is 5.22. The van der Waals surface area contributed by atoms with Crippen LogP contribution in [-0.2, 0) is 13.0 Å². The molecule has 1 N–H and O–H groups in total. The van der Waals surface area contributed by atoms with Crippen LogP contribution in [0.25, 0.3) is 0 Å². The molecule has 0 unspecified atom stereocenters. The van der Waals surface area contributed by atoms with Crippen molar-refractivity contribution in [2.75, 3.05) is 26.7 Å². The van der Waals surface area contributed by atoms with E-state index in [9.17, 15) is 4.79 Å². The van der Waals surface area contributed by atoms with E-state index in [0.717, 1.165) is 25.9 Å². The van der Waals surface area contributed by atoms with Gasteiger partial charge >= 0.3 is 6.03 Å². The molecular weight excluding hydrogens is 318 g/mol. The Labute approximate surface area is 151 Å². The van der Waals surface area contributed by atoms with E-state index in [1.165, 1.54) is 0 Å². The Morgan fingerprint density at radius 2 is 2.16 bits per heavy atom. The highest BCUT2D eigenvalue weighted by atomic mass is 16.5. The van der Waals surface area contributed by atoms with Gasteiger partial charge in [0.25, 0.3) is 0 Å². The smallest absolute Gasteiger partial charge is 0.317 e. The molecule has 1 fully saturated rings. The van der Waals surface area contributed by atoms with Gasteiger partial charge in [-0.05, 0) is 45.6 Å². The number of carbonyl (C=O) groups excluding carboxylic acids is 1. The lowest BCUT2D eigenvalue weighted by Crippen LogP contribution is -2.42. The molecule has 0 spiro atoms. The predicted octanol–water partition coefficient (Wildman–Crippen LogP) is 2.53. The van der Waals surface area contributed by atoms with Crippen molar-refractivity contribution >= 4 is 6.03 Å². The van der Waals surface area contributed by atoms with E-state index in [4.69, 9.17) is 4.52 Å². The normalized spacial score (nSPS) is 18.8. The Kier molecular flexibility index (Phi) is 6.43. The molecule has 1 aromatic heterocycles. The van der Waals surface area contributed by atoms with E-state index >= 15 is 0 Å². The highest BCUT2D eigenvalue weighted by Gasteiger charge is 2.30. The van der Waals surface area contributed by atoms with Crippen LogP contribution >= 0.6 is 0 Å². The first-order chi connectivity index (χ1) is 11.6. The molecule has 2 amide bonds. The van der Waals surface area contributed by atoms with Gasteiger partial charge in [-0.3, -0.25) is 4.90 Å². The molecule has 1 aliphatic rings. The minimum atomic E-state index is -0.0931. The first-order valence-electron chi connectivity index (χ1n) is 9.20. The van der Waals surface area contributed by atoms with Gasteiger partial charge in [0.15, 0.2) is 5.82 Å². The summed E-state index contributed by atoms with van der Waals surface area (Å²) in [5.41, 5.74) is 0.196. The quantitative estimate of drug-likeness (QED) is 0.852. The van der Waals surface area contributed by atoms with Crippen molar-refractivity contribution < 1.29 is 9.32 Å². The molecule has 0 bridgehead atoms. The molecule has 0 radical (unpaired) electrons. The fourth-order valence-corrected chi connectivity index (χ4v) is 3.05. The molecule has 0 aromatic carbocycles. The van der Waals surface area contributed by atoms with E-state index in [1.54, 1.807) is 11.9 Å². The summed E-state index contributed by atoms with van der Waals surface area (Å²) in [4.78, 5) is 20.7. The van der Waals surface area contributed by atoms with Gasteiger partial charge in [0.05, 0.1) is 6.54 Å². The van der Waals surface area contributed by atoms with Crippen molar-refractivity contribution in [3.63, 3.8) is 0 Å². The third-order valence-electron chi connectivity index (χ3n) is 4.59. The number of urea groups is 1. The molecule has 142 valence electrons. The van der Waals surface area contributed by atoms with Gasteiger partial charge in [-0.2, -0.15) is 4.98 Å². The van der Waals surface area contributed by atoms with Crippen molar-refractivity contribution in [2.24, 2.45) is 11.8 Å². The number of amides is 2. The van der Waals surface area contributed by atoms with E-state index in [-0.39, 0.29) is 11.6 Å². The second kappa shape index (κ2) is 8.17. The van der Waals surface area contributed by atoms with Gasteiger partial charge in [0.1, 0.15) is 0 Å². The van der Waals surface area contributed by atoms with Crippen LogP contribution in [0.2, 0.25) is 0 Å². The molecule has 1 aromatic rings. The maximum absolute atomic E-state index is 12.3. The number of aromatic nitrogens is 2. The fourth-order valence-electron chi connectivity index (χ4n) is 3.05. The van der Waals surface area contributed by atoms with E-state index < -0.39 is 0 Å². The van der Waals surface area contributed by atoms with Crippen molar-refractivity contribution in [2.45, 2.75) is 59.5 Å². The molecule has 2 rings (SSSR count). The zero-order valence-electron chi connectivity index (χ0n) is 16.5. The molecule has 25 heavy (non-hydrogen) atoms. The Balaban J connectivity index is 1.74. The Morgan fingerprint density at radius 3 is 2.76 bits per heavy atom. The predicted molar refractivity (Wildman–Crippen MR) is 97.1 cm³/mol. The van der Waals surface area contributed by atoms with Crippen molar-refractivity contribution in [3.05, 3.63) is 11.7 Å². The third kappa shape index (κ3) is 5.99. The van der Waals surface area contributed by atoms with Gasteiger partial charge < -0.3 is 14.7 Å². The van der Waals surface area contributed by atoms with Gasteiger partial charge in [-0.25, -0.2) is 4.79 Å². The number of nitrogens with zero attached hydrogens (tertiary/aromatic N) is 4. The summed E-state index contributed by atoms with van der Waals surface area (Å²) in [7, 11) is 1.75. The van der Waals surface area contributed by atoms with E-state index in [2.05, 4.69) is 55.0 Å². The summed E-state index contributed by atoms with van der Waals surface area (Å²) in [6.07, 6.45) is 1.89. The Bertz CT molecular complexity index is 564. The first kappa shape index (κ1) is 19.7. The SMILES string of the molecule is CC(C)Cc1nc(CN(C)C(=O)NC[C@@H]2CCN(C(C)(C)C)C2)no1. The zero-order valence-corrected chi connectivity index (χ0v) is 16.5. The molecule has 1 atom stereocenters. The average Bonchev–Trinajstić information content (AvgIpc) is 3.13. The van der Waals surface area contributed by atoms with E-state index in [1.807, 2.05) is 0 Å². The van der Waals surface area contributed by atoms with Crippen LogP contribution in [0.4, 0.5) is 4.79 Å². The number of nitrogens with one attached hydrogen (secondary N) is 1. The van der Waals surface area contributed by atoms with Crippen LogP contribution in [0.1, 0.15) is 52.8 Å². The summed E-state index contributed by atoms with van der Waals surface area (Å²) in [6.45, 7) is 14.1. The average molecular weight is 351 g/mol. The number of hydrogen-bond acceptors (Lipinski definition) is 5. The number of likely N-dealkylation sites (tertiary alicyclic amines) is 1. The topological polar surface area (TPSA) is 74.5 Å². The van der Waals surface area contributed by atoms with Crippen molar-refractivity contribution in [3.8, 4) is 0 Å². The molecule has 0 saturated carbocycles. The summed E-state index contributed by atoms with van der Waals surface area (Å²) in [5, 5.41) is 6.98. The lowest BCUT2D eigenvalue weighted by molar-refractivity contribution is 0.167. The van der Waals surface area contributed by atoms with Crippen LogP contribution in [0.15, 0.2) is 4.52 Å².